The van der Waals surface area contributed by atoms with Crippen LogP contribution in [-0.4, -0.2) is 31.0 Å². The highest BCUT2D eigenvalue weighted by molar-refractivity contribution is 7.89. The fourth-order valence-corrected chi connectivity index (χ4v) is 4.27. The second kappa shape index (κ2) is 7.17. The number of ketones is 1. The predicted octanol–water partition coefficient (Wildman–Crippen LogP) is 2.70. The van der Waals surface area contributed by atoms with Gasteiger partial charge >= 0.3 is 5.97 Å². The molecule has 0 amide bonds. The molecule has 0 saturated heterocycles. The lowest BCUT2D eigenvalue weighted by Gasteiger charge is -2.32. The van der Waals surface area contributed by atoms with Gasteiger partial charge in [0.1, 0.15) is 5.70 Å². The van der Waals surface area contributed by atoms with Gasteiger partial charge in [0.25, 0.3) is 10.0 Å². The van der Waals surface area contributed by atoms with Crippen molar-refractivity contribution < 1.29 is 22.7 Å². The number of hydrogen-bond acceptors (Lipinski definition) is 5. The first-order valence-electron chi connectivity index (χ1n) is 7.92. The number of allylic oxidation sites excluding steroid dienone is 1. The van der Waals surface area contributed by atoms with Gasteiger partial charge in [-0.25, -0.2) is 8.42 Å². The smallest absolute Gasteiger partial charge is 0.310 e. The first-order valence-corrected chi connectivity index (χ1v) is 9.36. The van der Waals surface area contributed by atoms with E-state index in [1.165, 1.54) is 13.0 Å². The Hall–Kier alpha value is -2.15. The summed E-state index contributed by atoms with van der Waals surface area (Å²) in [6.45, 7) is 5.00. The van der Waals surface area contributed by atoms with E-state index in [1.807, 2.05) is 6.92 Å². The van der Waals surface area contributed by atoms with E-state index in [9.17, 15) is 18.0 Å². The van der Waals surface area contributed by atoms with Crippen molar-refractivity contribution in [1.82, 2.24) is 4.31 Å². The van der Waals surface area contributed by atoms with Crippen LogP contribution < -0.4 is 0 Å². The van der Waals surface area contributed by atoms with E-state index in [4.69, 9.17) is 4.74 Å². The first kappa shape index (κ1) is 18.2. The van der Waals surface area contributed by atoms with E-state index in [1.54, 1.807) is 25.1 Å². The lowest BCUT2D eigenvalue weighted by atomic mass is 10.1. The monoisotopic (exact) mass is 351 g/mol. The second-order valence-corrected chi connectivity index (χ2v) is 7.32. The summed E-state index contributed by atoms with van der Waals surface area (Å²) in [5.74, 6) is -0.952. The van der Waals surface area contributed by atoms with Gasteiger partial charge in [-0.3, -0.25) is 13.9 Å². The summed E-state index contributed by atoms with van der Waals surface area (Å²) in [7, 11) is -3.86. The van der Waals surface area contributed by atoms with Crippen LogP contribution in [0.3, 0.4) is 0 Å². The van der Waals surface area contributed by atoms with Gasteiger partial charge in [-0.1, -0.05) is 32.4 Å². The summed E-state index contributed by atoms with van der Waals surface area (Å²) in [4.78, 5) is 24.0. The van der Waals surface area contributed by atoms with Gasteiger partial charge in [-0.2, -0.15) is 0 Å². The highest BCUT2D eigenvalue weighted by atomic mass is 32.2. The molecule has 24 heavy (non-hydrogen) atoms. The summed E-state index contributed by atoms with van der Waals surface area (Å²) in [5, 5.41) is 0. The zero-order valence-electron chi connectivity index (χ0n) is 14.0. The normalized spacial score (nSPS) is 15.9. The number of carbonyl (C=O) groups excluding carboxylic acids is 2. The van der Waals surface area contributed by atoms with Crippen molar-refractivity contribution in [2.75, 3.05) is 6.54 Å². The number of benzene rings is 1. The predicted molar refractivity (Wildman–Crippen MR) is 89.2 cm³/mol. The van der Waals surface area contributed by atoms with Crippen LogP contribution in [0.4, 0.5) is 0 Å². The molecule has 130 valence electrons. The standard InChI is InChI=1S/C17H21NO5S/c1-4-6-11-18-16(12(3)19)17(23-15(20)5-2)13-9-7-8-10-14(13)24(18,21)22/h7-10H,4-6,11H2,1-3H3. The van der Waals surface area contributed by atoms with Gasteiger partial charge < -0.3 is 4.74 Å². The Balaban J connectivity index is 2.75. The SMILES string of the molecule is CCCCN1C(C(C)=O)=C(OC(=O)CC)c2ccccc2S1(=O)=O. The average molecular weight is 351 g/mol. The Morgan fingerprint density at radius 2 is 1.83 bits per heavy atom. The topological polar surface area (TPSA) is 80.8 Å². The van der Waals surface area contributed by atoms with Crippen LogP contribution in [0.2, 0.25) is 0 Å². The fourth-order valence-electron chi connectivity index (χ4n) is 2.52. The summed E-state index contributed by atoms with van der Waals surface area (Å²) >= 11 is 0. The lowest BCUT2D eigenvalue weighted by molar-refractivity contribution is -0.136. The quantitative estimate of drug-likeness (QED) is 0.736. The molecule has 2 rings (SSSR count). The molecule has 7 heteroatoms. The highest BCUT2D eigenvalue weighted by Crippen LogP contribution is 2.38. The molecule has 0 fully saturated rings. The molecule has 0 bridgehead atoms. The first-order chi connectivity index (χ1) is 11.3. The minimum atomic E-state index is -3.86. The number of nitrogens with zero attached hydrogens (tertiary/aromatic N) is 1. The maximum absolute atomic E-state index is 12.9. The summed E-state index contributed by atoms with van der Waals surface area (Å²) in [5.41, 5.74) is 0.168. The number of Topliss-reactive ketones (excluding diaryl/α,β-unsaturated/α-hetero) is 1. The van der Waals surface area contributed by atoms with Gasteiger partial charge in [-0.05, 0) is 18.6 Å². The van der Waals surface area contributed by atoms with E-state index >= 15 is 0 Å². The third-order valence-electron chi connectivity index (χ3n) is 3.72. The van der Waals surface area contributed by atoms with Crippen LogP contribution in [0, 0.1) is 0 Å². The molecule has 6 nitrogen and oxygen atoms in total. The van der Waals surface area contributed by atoms with Gasteiger partial charge in [0.05, 0.1) is 4.90 Å². The van der Waals surface area contributed by atoms with Crippen molar-refractivity contribution in [1.29, 1.82) is 0 Å². The molecule has 0 atom stereocenters. The van der Waals surface area contributed by atoms with Crippen molar-refractivity contribution >= 4 is 27.5 Å². The van der Waals surface area contributed by atoms with Crippen molar-refractivity contribution in [3.8, 4) is 0 Å². The molecule has 0 saturated carbocycles. The molecule has 1 heterocycles. The van der Waals surface area contributed by atoms with Gasteiger partial charge in [0, 0.05) is 25.5 Å². The minimum absolute atomic E-state index is 0.0240. The number of hydrogen-bond donors (Lipinski definition) is 0. The van der Waals surface area contributed by atoms with Crippen molar-refractivity contribution in [3.63, 3.8) is 0 Å². The minimum Gasteiger partial charge on any atom is -0.423 e. The van der Waals surface area contributed by atoms with Gasteiger partial charge in [0.2, 0.25) is 0 Å². The van der Waals surface area contributed by atoms with Crippen LogP contribution in [0.1, 0.15) is 45.6 Å². The number of esters is 1. The number of sulfonamides is 1. The Labute approximate surface area is 142 Å². The molecular weight excluding hydrogens is 330 g/mol. The Morgan fingerprint density at radius 1 is 1.17 bits per heavy atom. The highest BCUT2D eigenvalue weighted by Gasteiger charge is 2.39. The van der Waals surface area contributed by atoms with E-state index in [0.29, 0.717) is 6.42 Å². The van der Waals surface area contributed by atoms with Crippen LogP contribution in [0.15, 0.2) is 34.9 Å². The maximum Gasteiger partial charge on any atom is 0.310 e. The Morgan fingerprint density at radius 3 is 2.42 bits per heavy atom. The fraction of sp³-hybridized carbons (Fsp3) is 0.412. The third kappa shape index (κ3) is 3.21. The molecule has 0 aromatic heterocycles. The lowest BCUT2D eigenvalue weighted by Crippen LogP contribution is -2.38. The molecule has 1 aliphatic rings. The molecule has 0 aliphatic carbocycles. The molecule has 1 aromatic rings. The third-order valence-corrected chi connectivity index (χ3v) is 5.57. The zero-order chi connectivity index (χ0) is 17.9. The number of fused-ring (bicyclic) bond motifs is 1. The maximum atomic E-state index is 12.9. The number of ether oxygens (including phenoxy) is 1. The molecule has 0 N–H and O–H groups in total. The molecule has 0 spiro atoms. The van der Waals surface area contributed by atoms with Crippen molar-refractivity contribution in [2.24, 2.45) is 0 Å². The molecule has 0 radical (unpaired) electrons. The Kier molecular flexibility index (Phi) is 5.43. The van der Waals surface area contributed by atoms with E-state index in [2.05, 4.69) is 0 Å². The van der Waals surface area contributed by atoms with Crippen LogP contribution in [0.5, 0.6) is 0 Å². The largest absolute Gasteiger partial charge is 0.423 e. The summed E-state index contributed by atoms with van der Waals surface area (Å²) in [6, 6.07) is 6.26. The van der Waals surface area contributed by atoms with Crippen molar-refractivity contribution in [3.05, 3.63) is 35.5 Å². The summed E-state index contributed by atoms with van der Waals surface area (Å²) in [6.07, 6.45) is 1.48. The molecule has 1 aromatic carbocycles. The molecular formula is C17H21NO5S. The van der Waals surface area contributed by atoms with Gasteiger partial charge in [-0.15, -0.1) is 0 Å². The number of rotatable bonds is 6. The molecule has 1 aliphatic heterocycles. The zero-order valence-corrected chi connectivity index (χ0v) is 14.9. The van der Waals surface area contributed by atoms with Crippen molar-refractivity contribution in [2.45, 2.75) is 44.9 Å². The number of carbonyl (C=O) groups is 2. The average Bonchev–Trinajstić information content (AvgIpc) is 2.55. The second-order valence-electron chi connectivity index (χ2n) is 5.49. The molecule has 0 unspecified atom stereocenters. The van der Waals surface area contributed by atoms with Crippen LogP contribution in [0.25, 0.3) is 5.76 Å². The van der Waals surface area contributed by atoms with E-state index in [0.717, 1.165) is 10.7 Å². The van der Waals surface area contributed by atoms with Gasteiger partial charge in [0.15, 0.2) is 11.5 Å². The summed E-state index contributed by atoms with van der Waals surface area (Å²) < 4.78 is 32.3. The van der Waals surface area contributed by atoms with E-state index in [-0.39, 0.29) is 34.9 Å². The number of unbranched alkanes of at least 4 members (excludes halogenated alkanes) is 1. The Bertz CT molecular complexity index is 795. The van der Waals surface area contributed by atoms with Crippen LogP contribution >= 0.6 is 0 Å². The van der Waals surface area contributed by atoms with Crippen LogP contribution in [-0.2, 0) is 24.3 Å². The van der Waals surface area contributed by atoms with E-state index < -0.39 is 21.8 Å².